The van der Waals surface area contributed by atoms with E-state index in [2.05, 4.69) is 18.0 Å². The Morgan fingerprint density at radius 1 is 1.38 bits per heavy atom. The van der Waals surface area contributed by atoms with Gasteiger partial charge in [-0.3, -0.25) is 0 Å². The van der Waals surface area contributed by atoms with Crippen molar-refractivity contribution in [3.05, 3.63) is 30.0 Å². The highest BCUT2D eigenvalue weighted by Gasteiger charge is 2.00. The summed E-state index contributed by atoms with van der Waals surface area (Å²) in [6.07, 6.45) is 2.01. The number of H-pyrrole nitrogens is 1. The molecule has 68 valence electrons. The van der Waals surface area contributed by atoms with Crippen molar-refractivity contribution in [1.29, 1.82) is 0 Å². The lowest BCUT2D eigenvalue weighted by molar-refractivity contribution is 0.340. The van der Waals surface area contributed by atoms with Crippen LogP contribution in [0, 0.1) is 6.92 Å². The Morgan fingerprint density at radius 2 is 2.23 bits per heavy atom. The number of rotatable bonds is 2. The van der Waals surface area contributed by atoms with Crippen molar-refractivity contribution >= 4 is 10.9 Å². The lowest BCUT2D eigenvalue weighted by Gasteiger charge is -2.01. The standard InChI is InChI=1S/C11H13NO/c1-3-13-9-4-5-10-8(2)7-12-11(10)6-9/h4-7,12H,3H2,1-2H3. The number of fused-ring (bicyclic) bond motifs is 1. The lowest BCUT2D eigenvalue weighted by atomic mass is 10.2. The predicted molar refractivity (Wildman–Crippen MR) is 54.2 cm³/mol. The molecule has 1 heterocycles. The number of hydrogen-bond acceptors (Lipinski definition) is 1. The second-order valence-electron chi connectivity index (χ2n) is 3.11. The number of aromatic amines is 1. The van der Waals surface area contributed by atoms with Crippen molar-refractivity contribution in [2.45, 2.75) is 13.8 Å². The van der Waals surface area contributed by atoms with Gasteiger partial charge in [-0.15, -0.1) is 0 Å². The Bertz CT molecular complexity index is 417. The molecule has 1 aromatic carbocycles. The van der Waals surface area contributed by atoms with Gasteiger partial charge in [-0.25, -0.2) is 0 Å². The van der Waals surface area contributed by atoms with Gasteiger partial charge in [-0.05, 0) is 31.5 Å². The number of aryl methyl sites for hydroxylation is 1. The zero-order valence-electron chi connectivity index (χ0n) is 7.92. The summed E-state index contributed by atoms with van der Waals surface area (Å²) in [5.74, 6) is 0.928. The minimum Gasteiger partial charge on any atom is -0.494 e. The third-order valence-corrected chi connectivity index (χ3v) is 2.17. The van der Waals surface area contributed by atoms with Gasteiger partial charge in [0.2, 0.25) is 0 Å². The molecular weight excluding hydrogens is 162 g/mol. The Hall–Kier alpha value is -1.44. The van der Waals surface area contributed by atoms with Gasteiger partial charge < -0.3 is 9.72 Å². The zero-order valence-corrected chi connectivity index (χ0v) is 7.92. The summed E-state index contributed by atoms with van der Waals surface area (Å²) in [7, 11) is 0. The van der Waals surface area contributed by atoms with Gasteiger partial charge in [-0.2, -0.15) is 0 Å². The normalized spacial score (nSPS) is 10.6. The van der Waals surface area contributed by atoms with E-state index < -0.39 is 0 Å². The first-order chi connectivity index (χ1) is 6.31. The molecule has 2 nitrogen and oxygen atoms in total. The van der Waals surface area contributed by atoms with Crippen molar-refractivity contribution < 1.29 is 4.74 Å². The van der Waals surface area contributed by atoms with Crippen LogP contribution in [0.15, 0.2) is 24.4 Å². The Balaban J connectivity index is 2.50. The molecule has 0 fully saturated rings. The zero-order chi connectivity index (χ0) is 9.26. The van der Waals surface area contributed by atoms with Crippen LogP contribution < -0.4 is 4.74 Å². The molecule has 0 aliphatic rings. The second-order valence-corrected chi connectivity index (χ2v) is 3.11. The highest BCUT2D eigenvalue weighted by atomic mass is 16.5. The summed E-state index contributed by atoms with van der Waals surface area (Å²) in [6.45, 7) is 4.80. The average molecular weight is 175 g/mol. The van der Waals surface area contributed by atoms with Crippen LogP contribution in [0.3, 0.4) is 0 Å². The first kappa shape index (κ1) is 8.17. The van der Waals surface area contributed by atoms with Crippen molar-refractivity contribution in [3.63, 3.8) is 0 Å². The van der Waals surface area contributed by atoms with Gasteiger partial charge >= 0.3 is 0 Å². The molecule has 0 amide bonds. The molecule has 0 bridgehead atoms. The number of ether oxygens (including phenoxy) is 1. The van der Waals surface area contributed by atoms with E-state index in [1.165, 1.54) is 10.9 Å². The maximum Gasteiger partial charge on any atom is 0.121 e. The van der Waals surface area contributed by atoms with E-state index in [4.69, 9.17) is 4.74 Å². The van der Waals surface area contributed by atoms with Crippen LogP contribution in [-0.4, -0.2) is 11.6 Å². The molecule has 0 aliphatic heterocycles. The molecule has 0 saturated heterocycles. The first-order valence-corrected chi connectivity index (χ1v) is 4.52. The molecule has 1 N–H and O–H groups in total. The van der Waals surface area contributed by atoms with E-state index in [9.17, 15) is 0 Å². The van der Waals surface area contributed by atoms with E-state index in [0.717, 1.165) is 11.3 Å². The van der Waals surface area contributed by atoms with E-state index in [-0.39, 0.29) is 0 Å². The predicted octanol–water partition coefficient (Wildman–Crippen LogP) is 2.88. The fourth-order valence-electron chi connectivity index (χ4n) is 1.51. The van der Waals surface area contributed by atoms with Gasteiger partial charge in [0.1, 0.15) is 5.75 Å². The van der Waals surface area contributed by atoms with Crippen LogP contribution in [-0.2, 0) is 0 Å². The van der Waals surface area contributed by atoms with Crippen molar-refractivity contribution in [3.8, 4) is 5.75 Å². The molecule has 0 spiro atoms. The second kappa shape index (κ2) is 3.13. The summed E-state index contributed by atoms with van der Waals surface area (Å²) in [4.78, 5) is 3.21. The van der Waals surface area contributed by atoms with Gasteiger partial charge in [0, 0.05) is 23.2 Å². The molecule has 13 heavy (non-hydrogen) atoms. The summed E-state index contributed by atoms with van der Waals surface area (Å²) in [5, 5.41) is 1.27. The molecule has 2 heteroatoms. The molecule has 0 radical (unpaired) electrons. The average Bonchev–Trinajstić information content (AvgIpc) is 2.48. The fraction of sp³-hybridized carbons (Fsp3) is 0.273. The van der Waals surface area contributed by atoms with Gasteiger partial charge in [0.25, 0.3) is 0 Å². The van der Waals surface area contributed by atoms with E-state index in [1.807, 2.05) is 25.3 Å². The summed E-state index contributed by atoms with van der Waals surface area (Å²) in [6, 6.07) is 6.13. The smallest absolute Gasteiger partial charge is 0.121 e. The summed E-state index contributed by atoms with van der Waals surface area (Å²) in [5.41, 5.74) is 2.42. The monoisotopic (exact) mass is 175 g/mol. The van der Waals surface area contributed by atoms with Crippen molar-refractivity contribution in [1.82, 2.24) is 4.98 Å². The Labute approximate surface area is 77.5 Å². The Kier molecular flexibility index (Phi) is 1.97. The lowest BCUT2D eigenvalue weighted by Crippen LogP contribution is -1.90. The maximum absolute atomic E-state index is 5.40. The van der Waals surface area contributed by atoms with E-state index in [0.29, 0.717) is 6.61 Å². The van der Waals surface area contributed by atoms with Gasteiger partial charge in [-0.1, -0.05) is 0 Å². The molecule has 2 rings (SSSR count). The minimum absolute atomic E-state index is 0.713. The molecule has 0 aliphatic carbocycles. The van der Waals surface area contributed by atoms with Crippen LogP contribution in [0.25, 0.3) is 10.9 Å². The van der Waals surface area contributed by atoms with E-state index in [1.54, 1.807) is 0 Å². The molecule has 0 saturated carbocycles. The molecule has 0 atom stereocenters. The number of nitrogens with one attached hydrogen (secondary N) is 1. The topological polar surface area (TPSA) is 25.0 Å². The fourth-order valence-corrected chi connectivity index (χ4v) is 1.51. The number of aromatic nitrogens is 1. The van der Waals surface area contributed by atoms with Crippen LogP contribution >= 0.6 is 0 Å². The SMILES string of the molecule is CCOc1ccc2c(C)c[nH]c2c1. The highest BCUT2D eigenvalue weighted by Crippen LogP contribution is 2.22. The maximum atomic E-state index is 5.40. The quantitative estimate of drug-likeness (QED) is 0.745. The van der Waals surface area contributed by atoms with Crippen LogP contribution in [0.4, 0.5) is 0 Å². The summed E-state index contributed by atoms with van der Waals surface area (Å²) >= 11 is 0. The minimum atomic E-state index is 0.713. The van der Waals surface area contributed by atoms with Gasteiger partial charge in [0.05, 0.1) is 6.61 Å². The number of hydrogen-bond donors (Lipinski definition) is 1. The van der Waals surface area contributed by atoms with Crippen LogP contribution in [0.2, 0.25) is 0 Å². The largest absolute Gasteiger partial charge is 0.494 e. The summed E-state index contributed by atoms with van der Waals surface area (Å²) < 4.78 is 5.40. The van der Waals surface area contributed by atoms with Gasteiger partial charge in [0.15, 0.2) is 0 Å². The molecule has 1 aromatic heterocycles. The first-order valence-electron chi connectivity index (χ1n) is 4.52. The number of benzene rings is 1. The van der Waals surface area contributed by atoms with Crippen LogP contribution in [0.5, 0.6) is 5.75 Å². The molecule has 2 aromatic rings. The third kappa shape index (κ3) is 1.39. The molecule has 0 unspecified atom stereocenters. The third-order valence-electron chi connectivity index (χ3n) is 2.17. The Morgan fingerprint density at radius 3 is 3.00 bits per heavy atom. The van der Waals surface area contributed by atoms with Crippen molar-refractivity contribution in [2.24, 2.45) is 0 Å². The van der Waals surface area contributed by atoms with Crippen molar-refractivity contribution in [2.75, 3.05) is 6.61 Å². The van der Waals surface area contributed by atoms with Crippen LogP contribution in [0.1, 0.15) is 12.5 Å². The van der Waals surface area contributed by atoms with E-state index >= 15 is 0 Å². The molecular formula is C11H13NO. The highest BCUT2D eigenvalue weighted by molar-refractivity contribution is 5.84.